The van der Waals surface area contributed by atoms with Gasteiger partial charge in [-0.3, -0.25) is 0 Å². The topological polar surface area (TPSA) is 46.7 Å². The lowest BCUT2D eigenvalue weighted by Gasteiger charge is -1.96. The van der Waals surface area contributed by atoms with Crippen molar-refractivity contribution in [2.75, 3.05) is 0 Å². The second kappa shape index (κ2) is 3.09. The SMILES string of the molecule is Cc1ccc2c(N=C=O)nc(C)n2c1. The molecule has 0 fully saturated rings. The third-order valence-corrected chi connectivity index (χ3v) is 2.09. The van der Waals surface area contributed by atoms with Gasteiger partial charge in [-0.25, -0.2) is 9.78 Å². The van der Waals surface area contributed by atoms with Crippen molar-refractivity contribution < 1.29 is 4.79 Å². The average molecular weight is 187 g/mol. The van der Waals surface area contributed by atoms with Crippen LogP contribution < -0.4 is 0 Å². The summed E-state index contributed by atoms with van der Waals surface area (Å²) in [6.07, 6.45) is 3.46. The van der Waals surface area contributed by atoms with Gasteiger partial charge in [-0.15, -0.1) is 4.99 Å². The van der Waals surface area contributed by atoms with Crippen LogP contribution in [-0.2, 0) is 4.79 Å². The first kappa shape index (κ1) is 8.66. The van der Waals surface area contributed by atoms with E-state index in [2.05, 4.69) is 9.98 Å². The van der Waals surface area contributed by atoms with Crippen molar-refractivity contribution in [3.05, 3.63) is 29.7 Å². The van der Waals surface area contributed by atoms with E-state index in [4.69, 9.17) is 0 Å². The highest BCUT2D eigenvalue weighted by Crippen LogP contribution is 2.20. The summed E-state index contributed by atoms with van der Waals surface area (Å²) in [4.78, 5) is 17.9. The molecule has 2 rings (SSSR count). The fraction of sp³-hybridized carbons (Fsp3) is 0.200. The zero-order valence-corrected chi connectivity index (χ0v) is 7.98. The van der Waals surface area contributed by atoms with Crippen molar-refractivity contribution in [3.63, 3.8) is 0 Å². The molecule has 0 saturated heterocycles. The van der Waals surface area contributed by atoms with Crippen LogP contribution in [0, 0.1) is 13.8 Å². The summed E-state index contributed by atoms with van der Waals surface area (Å²) in [5, 5.41) is 0. The minimum absolute atomic E-state index is 0.428. The van der Waals surface area contributed by atoms with E-state index in [9.17, 15) is 4.79 Å². The van der Waals surface area contributed by atoms with Crippen molar-refractivity contribution in [1.29, 1.82) is 0 Å². The number of hydrogen-bond acceptors (Lipinski definition) is 3. The Labute approximate surface area is 80.9 Å². The molecule has 0 N–H and O–H groups in total. The molecule has 0 amide bonds. The molecule has 0 bridgehead atoms. The predicted molar refractivity (Wildman–Crippen MR) is 52.4 cm³/mol. The largest absolute Gasteiger partial charge is 0.302 e. The molecule has 0 spiro atoms. The maximum absolute atomic E-state index is 10.2. The van der Waals surface area contributed by atoms with Gasteiger partial charge in [0.05, 0.1) is 5.52 Å². The van der Waals surface area contributed by atoms with Crippen molar-refractivity contribution in [2.24, 2.45) is 4.99 Å². The van der Waals surface area contributed by atoms with Crippen molar-refractivity contribution in [2.45, 2.75) is 13.8 Å². The molecule has 2 heterocycles. The van der Waals surface area contributed by atoms with Crippen LogP contribution in [0.3, 0.4) is 0 Å². The van der Waals surface area contributed by atoms with Gasteiger partial charge in [0.2, 0.25) is 6.08 Å². The minimum atomic E-state index is 0.428. The molecule has 2 aromatic heterocycles. The number of fused-ring (bicyclic) bond motifs is 1. The summed E-state index contributed by atoms with van der Waals surface area (Å²) in [6, 6.07) is 3.85. The monoisotopic (exact) mass is 187 g/mol. The van der Waals surface area contributed by atoms with Gasteiger partial charge in [-0.2, -0.15) is 0 Å². The number of pyridine rings is 1. The van der Waals surface area contributed by atoms with Crippen LogP contribution in [0.2, 0.25) is 0 Å². The van der Waals surface area contributed by atoms with Gasteiger partial charge >= 0.3 is 0 Å². The summed E-state index contributed by atoms with van der Waals surface area (Å²) in [7, 11) is 0. The first-order chi connectivity index (χ1) is 6.72. The van der Waals surface area contributed by atoms with Crippen LogP contribution in [0.4, 0.5) is 5.82 Å². The van der Waals surface area contributed by atoms with Gasteiger partial charge in [-0.05, 0) is 25.5 Å². The normalized spacial score (nSPS) is 10.1. The van der Waals surface area contributed by atoms with Gasteiger partial charge in [0, 0.05) is 6.20 Å². The molecule has 0 aliphatic rings. The average Bonchev–Trinajstić information content (AvgIpc) is 2.44. The molecule has 0 unspecified atom stereocenters. The number of nitrogens with zero attached hydrogens (tertiary/aromatic N) is 3. The highest BCUT2D eigenvalue weighted by atomic mass is 16.1. The fourth-order valence-corrected chi connectivity index (χ4v) is 1.45. The van der Waals surface area contributed by atoms with Crippen molar-refractivity contribution in [3.8, 4) is 0 Å². The second-order valence-corrected chi connectivity index (χ2v) is 3.15. The molecule has 0 aliphatic carbocycles. The Morgan fingerprint density at radius 1 is 1.43 bits per heavy atom. The van der Waals surface area contributed by atoms with E-state index in [0.29, 0.717) is 5.82 Å². The molecule has 0 atom stereocenters. The number of aromatic nitrogens is 2. The van der Waals surface area contributed by atoms with Gasteiger partial charge in [0.1, 0.15) is 5.82 Å². The Bertz CT molecular complexity index is 536. The van der Waals surface area contributed by atoms with E-state index in [1.807, 2.05) is 36.6 Å². The number of aliphatic imine (C=N–C) groups is 1. The van der Waals surface area contributed by atoms with Crippen LogP contribution >= 0.6 is 0 Å². The molecule has 2 aromatic rings. The maximum atomic E-state index is 10.2. The molecule has 70 valence electrons. The summed E-state index contributed by atoms with van der Waals surface area (Å²) >= 11 is 0. The number of carbonyl (C=O) groups excluding carboxylic acids is 1. The van der Waals surface area contributed by atoms with Gasteiger partial charge in [0.15, 0.2) is 5.82 Å². The molecular formula is C10H9N3O. The molecule has 14 heavy (non-hydrogen) atoms. The second-order valence-electron chi connectivity index (χ2n) is 3.15. The van der Waals surface area contributed by atoms with Crippen molar-refractivity contribution >= 4 is 17.4 Å². The third-order valence-electron chi connectivity index (χ3n) is 2.09. The van der Waals surface area contributed by atoms with Crippen LogP contribution in [0.15, 0.2) is 23.3 Å². The van der Waals surface area contributed by atoms with E-state index in [1.54, 1.807) is 0 Å². The van der Waals surface area contributed by atoms with E-state index < -0.39 is 0 Å². The van der Waals surface area contributed by atoms with E-state index in [0.717, 1.165) is 16.9 Å². The zero-order valence-electron chi connectivity index (χ0n) is 7.98. The van der Waals surface area contributed by atoms with Gasteiger partial charge < -0.3 is 4.40 Å². The first-order valence-electron chi connectivity index (χ1n) is 4.25. The molecule has 0 aliphatic heterocycles. The number of imidazole rings is 1. The van der Waals surface area contributed by atoms with E-state index >= 15 is 0 Å². The number of rotatable bonds is 1. The van der Waals surface area contributed by atoms with E-state index in [1.165, 1.54) is 6.08 Å². The summed E-state index contributed by atoms with van der Waals surface area (Å²) < 4.78 is 1.91. The smallest absolute Gasteiger partial charge is 0.242 e. The number of aryl methyl sites for hydroxylation is 2. The Kier molecular flexibility index (Phi) is 1.91. The molecule has 4 nitrogen and oxygen atoms in total. The lowest BCUT2D eigenvalue weighted by Crippen LogP contribution is -1.87. The Morgan fingerprint density at radius 3 is 2.93 bits per heavy atom. The van der Waals surface area contributed by atoms with Crippen molar-refractivity contribution in [1.82, 2.24) is 9.38 Å². The number of hydrogen-bond donors (Lipinski definition) is 0. The number of isocyanates is 1. The molecule has 4 heteroatoms. The lowest BCUT2D eigenvalue weighted by molar-refractivity contribution is 0.565. The highest BCUT2D eigenvalue weighted by Gasteiger charge is 2.06. The summed E-state index contributed by atoms with van der Waals surface area (Å²) in [5.74, 6) is 1.25. The molecule has 0 radical (unpaired) electrons. The van der Waals surface area contributed by atoms with Crippen LogP contribution in [0.5, 0.6) is 0 Å². The lowest BCUT2D eigenvalue weighted by atomic mass is 10.3. The quantitative estimate of drug-likeness (QED) is 0.505. The molecular weight excluding hydrogens is 178 g/mol. The Balaban J connectivity index is 2.83. The molecule has 0 aromatic carbocycles. The summed E-state index contributed by atoms with van der Waals surface area (Å²) in [5.41, 5.74) is 1.97. The Morgan fingerprint density at radius 2 is 2.21 bits per heavy atom. The zero-order chi connectivity index (χ0) is 10.1. The van der Waals surface area contributed by atoms with Crippen LogP contribution in [0.1, 0.15) is 11.4 Å². The van der Waals surface area contributed by atoms with Gasteiger partial charge in [0.25, 0.3) is 0 Å². The predicted octanol–water partition coefficient (Wildman–Crippen LogP) is 1.92. The highest BCUT2D eigenvalue weighted by molar-refractivity contribution is 5.68. The minimum Gasteiger partial charge on any atom is -0.302 e. The third kappa shape index (κ3) is 1.22. The van der Waals surface area contributed by atoms with Gasteiger partial charge in [-0.1, -0.05) is 6.07 Å². The fourth-order valence-electron chi connectivity index (χ4n) is 1.45. The first-order valence-corrected chi connectivity index (χ1v) is 4.25. The standard InChI is InChI=1S/C10H9N3O/c1-7-3-4-9-10(11-6-14)12-8(2)13(9)5-7/h3-5H,1-2H3. The Hall–Kier alpha value is -1.93. The maximum Gasteiger partial charge on any atom is 0.242 e. The molecule has 0 saturated carbocycles. The van der Waals surface area contributed by atoms with Crippen LogP contribution in [-0.4, -0.2) is 15.5 Å². The van der Waals surface area contributed by atoms with E-state index in [-0.39, 0.29) is 0 Å². The summed E-state index contributed by atoms with van der Waals surface area (Å²) in [6.45, 7) is 3.87. The van der Waals surface area contributed by atoms with Crippen LogP contribution in [0.25, 0.3) is 5.52 Å².